The molecule has 1 aromatic rings. The number of halogens is 1. The van der Waals surface area contributed by atoms with Crippen LogP contribution in [0.2, 0.25) is 0 Å². The summed E-state index contributed by atoms with van der Waals surface area (Å²) in [6.45, 7) is 2.24. The SMILES string of the molecule is CC(O)CNCc1cc(F)cc([N+](=O)[O-])c1. The van der Waals surface area contributed by atoms with E-state index in [0.29, 0.717) is 12.1 Å². The van der Waals surface area contributed by atoms with Crippen LogP contribution in [0.5, 0.6) is 0 Å². The van der Waals surface area contributed by atoms with Crippen LogP contribution < -0.4 is 5.32 Å². The number of nitro benzene ring substituents is 1. The molecule has 0 fully saturated rings. The van der Waals surface area contributed by atoms with Crippen molar-refractivity contribution in [2.75, 3.05) is 6.54 Å². The number of benzene rings is 1. The van der Waals surface area contributed by atoms with Gasteiger partial charge in [-0.05, 0) is 18.6 Å². The highest BCUT2D eigenvalue weighted by Gasteiger charge is 2.09. The van der Waals surface area contributed by atoms with Crippen LogP contribution in [0.3, 0.4) is 0 Å². The number of nitrogens with zero attached hydrogens (tertiary/aromatic N) is 1. The molecule has 16 heavy (non-hydrogen) atoms. The van der Waals surface area contributed by atoms with Crippen LogP contribution in [-0.4, -0.2) is 22.7 Å². The Labute approximate surface area is 92.1 Å². The van der Waals surface area contributed by atoms with Gasteiger partial charge in [0.2, 0.25) is 0 Å². The maximum Gasteiger partial charge on any atom is 0.272 e. The number of nitrogens with one attached hydrogen (secondary N) is 1. The van der Waals surface area contributed by atoms with Crippen molar-refractivity contribution < 1.29 is 14.4 Å². The van der Waals surface area contributed by atoms with Crippen molar-refractivity contribution in [2.45, 2.75) is 19.6 Å². The van der Waals surface area contributed by atoms with Gasteiger partial charge in [-0.15, -0.1) is 0 Å². The quantitative estimate of drug-likeness (QED) is 0.586. The maximum absolute atomic E-state index is 13.0. The summed E-state index contributed by atoms with van der Waals surface area (Å²) in [5.41, 5.74) is 0.209. The molecule has 1 rings (SSSR count). The van der Waals surface area contributed by atoms with Crippen LogP contribution in [0, 0.1) is 15.9 Å². The van der Waals surface area contributed by atoms with Crippen LogP contribution in [0.1, 0.15) is 12.5 Å². The predicted molar refractivity (Wildman–Crippen MR) is 56.4 cm³/mol. The molecular weight excluding hydrogens is 215 g/mol. The largest absolute Gasteiger partial charge is 0.392 e. The highest BCUT2D eigenvalue weighted by atomic mass is 19.1. The molecule has 1 atom stereocenters. The molecule has 0 amide bonds. The Balaban J connectivity index is 2.69. The molecule has 0 aliphatic heterocycles. The van der Waals surface area contributed by atoms with E-state index < -0.39 is 16.8 Å². The van der Waals surface area contributed by atoms with Crippen molar-refractivity contribution in [3.8, 4) is 0 Å². The minimum absolute atomic E-state index is 0.270. The molecule has 6 heteroatoms. The fraction of sp³-hybridized carbons (Fsp3) is 0.400. The van der Waals surface area contributed by atoms with Crippen molar-refractivity contribution in [1.82, 2.24) is 5.32 Å². The van der Waals surface area contributed by atoms with Gasteiger partial charge in [-0.2, -0.15) is 0 Å². The number of aliphatic hydroxyl groups is 1. The summed E-state index contributed by atoms with van der Waals surface area (Å²) in [7, 11) is 0. The van der Waals surface area contributed by atoms with Crippen molar-refractivity contribution >= 4 is 5.69 Å². The average Bonchev–Trinajstić information content (AvgIpc) is 2.16. The van der Waals surface area contributed by atoms with E-state index in [-0.39, 0.29) is 12.2 Å². The first-order valence-corrected chi connectivity index (χ1v) is 4.81. The van der Waals surface area contributed by atoms with E-state index in [2.05, 4.69) is 5.32 Å². The van der Waals surface area contributed by atoms with E-state index in [0.717, 1.165) is 6.07 Å². The third-order valence-corrected chi connectivity index (χ3v) is 1.92. The second-order valence-electron chi connectivity index (χ2n) is 3.55. The molecule has 0 radical (unpaired) electrons. The van der Waals surface area contributed by atoms with Crippen molar-refractivity contribution in [3.05, 3.63) is 39.7 Å². The average molecular weight is 228 g/mol. The summed E-state index contributed by atoms with van der Waals surface area (Å²) < 4.78 is 13.0. The fourth-order valence-electron chi connectivity index (χ4n) is 1.27. The molecule has 0 aliphatic carbocycles. The molecular formula is C10H13FN2O3. The summed E-state index contributed by atoms with van der Waals surface area (Å²) >= 11 is 0. The topological polar surface area (TPSA) is 75.4 Å². The van der Waals surface area contributed by atoms with Gasteiger partial charge in [0.25, 0.3) is 5.69 Å². The molecule has 0 aliphatic rings. The fourth-order valence-corrected chi connectivity index (χ4v) is 1.27. The van der Waals surface area contributed by atoms with Gasteiger partial charge in [0, 0.05) is 19.2 Å². The molecule has 0 heterocycles. The van der Waals surface area contributed by atoms with Gasteiger partial charge in [-0.25, -0.2) is 4.39 Å². The number of rotatable bonds is 5. The van der Waals surface area contributed by atoms with Gasteiger partial charge < -0.3 is 10.4 Å². The van der Waals surface area contributed by atoms with E-state index in [1.807, 2.05) is 0 Å². The minimum Gasteiger partial charge on any atom is -0.392 e. The molecule has 0 bridgehead atoms. The molecule has 2 N–H and O–H groups in total. The van der Waals surface area contributed by atoms with Gasteiger partial charge in [-0.3, -0.25) is 10.1 Å². The Morgan fingerprint density at radius 2 is 2.25 bits per heavy atom. The first kappa shape index (κ1) is 12.5. The lowest BCUT2D eigenvalue weighted by atomic mass is 10.2. The second kappa shape index (κ2) is 5.53. The van der Waals surface area contributed by atoms with E-state index in [1.165, 1.54) is 12.1 Å². The first-order valence-electron chi connectivity index (χ1n) is 4.81. The summed E-state index contributed by atoms with van der Waals surface area (Å²) in [5, 5.41) is 22.3. The van der Waals surface area contributed by atoms with Crippen LogP contribution in [0.25, 0.3) is 0 Å². The zero-order valence-electron chi connectivity index (χ0n) is 8.81. The van der Waals surface area contributed by atoms with E-state index in [1.54, 1.807) is 6.92 Å². The Bertz CT molecular complexity index is 382. The molecule has 5 nitrogen and oxygen atoms in total. The van der Waals surface area contributed by atoms with Gasteiger partial charge in [0.15, 0.2) is 0 Å². The Morgan fingerprint density at radius 1 is 1.56 bits per heavy atom. The third kappa shape index (κ3) is 3.92. The summed E-state index contributed by atoms with van der Waals surface area (Å²) in [6, 6.07) is 3.40. The van der Waals surface area contributed by atoms with Crippen LogP contribution in [0.4, 0.5) is 10.1 Å². The minimum atomic E-state index is -0.638. The molecule has 0 saturated carbocycles. The molecule has 1 aromatic carbocycles. The third-order valence-electron chi connectivity index (χ3n) is 1.92. The van der Waals surface area contributed by atoms with Crippen molar-refractivity contribution in [2.24, 2.45) is 0 Å². The second-order valence-corrected chi connectivity index (χ2v) is 3.55. The van der Waals surface area contributed by atoms with Crippen LogP contribution in [-0.2, 0) is 6.54 Å². The zero-order chi connectivity index (χ0) is 12.1. The molecule has 88 valence electrons. The monoisotopic (exact) mass is 228 g/mol. The number of hydrogen-bond donors (Lipinski definition) is 2. The summed E-state index contributed by atoms with van der Waals surface area (Å²) in [6.07, 6.45) is -0.511. The molecule has 1 unspecified atom stereocenters. The highest BCUT2D eigenvalue weighted by molar-refractivity contribution is 5.35. The number of hydrogen-bond acceptors (Lipinski definition) is 4. The number of nitro groups is 1. The summed E-state index contributed by atoms with van der Waals surface area (Å²) in [5.74, 6) is -0.636. The number of aliphatic hydroxyl groups excluding tert-OH is 1. The lowest BCUT2D eigenvalue weighted by molar-refractivity contribution is -0.385. The lowest BCUT2D eigenvalue weighted by Crippen LogP contribution is -2.23. The maximum atomic E-state index is 13.0. The Morgan fingerprint density at radius 3 is 2.81 bits per heavy atom. The van der Waals surface area contributed by atoms with Crippen molar-refractivity contribution in [3.63, 3.8) is 0 Å². The van der Waals surface area contributed by atoms with Gasteiger partial charge >= 0.3 is 0 Å². The molecule has 0 spiro atoms. The first-order chi connectivity index (χ1) is 7.49. The van der Waals surface area contributed by atoms with E-state index in [9.17, 15) is 14.5 Å². The normalized spacial score (nSPS) is 12.4. The number of non-ortho nitro benzene ring substituents is 1. The lowest BCUT2D eigenvalue weighted by Gasteiger charge is -2.06. The van der Waals surface area contributed by atoms with Gasteiger partial charge in [0.1, 0.15) is 5.82 Å². The smallest absolute Gasteiger partial charge is 0.272 e. The molecule has 0 saturated heterocycles. The Kier molecular flexibility index (Phi) is 4.33. The summed E-state index contributed by atoms with van der Waals surface area (Å²) in [4.78, 5) is 9.83. The molecule has 0 aromatic heterocycles. The standard InChI is InChI=1S/C10H13FN2O3/c1-7(14)5-12-6-8-2-9(11)4-10(3-8)13(15)16/h2-4,7,12,14H,5-6H2,1H3. The van der Waals surface area contributed by atoms with Crippen molar-refractivity contribution in [1.29, 1.82) is 0 Å². The zero-order valence-corrected chi connectivity index (χ0v) is 8.81. The van der Waals surface area contributed by atoms with Gasteiger partial charge in [0.05, 0.1) is 17.1 Å². The Hall–Kier alpha value is -1.53. The van der Waals surface area contributed by atoms with Crippen LogP contribution >= 0.6 is 0 Å². The van der Waals surface area contributed by atoms with Crippen LogP contribution in [0.15, 0.2) is 18.2 Å². The predicted octanol–water partition coefficient (Wildman–Crippen LogP) is 1.20. The van der Waals surface area contributed by atoms with E-state index >= 15 is 0 Å². The highest BCUT2D eigenvalue weighted by Crippen LogP contribution is 2.15. The van der Waals surface area contributed by atoms with E-state index in [4.69, 9.17) is 5.11 Å². The van der Waals surface area contributed by atoms with Gasteiger partial charge in [-0.1, -0.05) is 0 Å².